The number of urea groups is 1. The lowest BCUT2D eigenvalue weighted by Gasteiger charge is -2.24. The standard InChI is InChI=1S/C14H19N5O4/c1-8(2)12-16-13(23-17-12)9-4-3-5-19(9)11(21)7-18-6-10(20)15-14(18)22/h8-9H,3-7H2,1-2H3,(H,15,20,22)/t9-/m0/s1. The van der Waals surface area contributed by atoms with E-state index in [9.17, 15) is 14.4 Å². The minimum Gasteiger partial charge on any atom is -0.337 e. The molecule has 0 bridgehead atoms. The smallest absolute Gasteiger partial charge is 0.325 e. The van der Waals surface area contributed by atoms with Crippen LogP contribution < -0.4 is 5.32 Å². The first-order valence-electron chi connectivity index (χ1n) is 7.67. The second-order valence-electron chi connectivity index (χ2n) is 6.10. The quantitative estimate of drug-likeness (QED) is 0.805. The molecule has 124 valence electrons. The predicted molar refractivity (Wildman–Crippen MR) is 77.2 cm³/mol. The average Bonchev–Trinajstić information content (AvgIpc) is 3.18. The molecule has 4 amide bonds. The molecule has 2 aliphatic rings. The first-order chi connectivity index (χ1) is 11.0. The average molecular weight is 321 g/mol. The van der Waals surface area contributed by atoms with Gasteiger partial charge < -0.3 is 14.3 Å². The number of nitrogens with zero attached hydrogens (tertiary/aromatic N) is 4. The van der Waals surface area contributed by atoms with E-state index in [0.717, 1.165) is 12.8 Å². The van der Waals surface area contributed by atoms with Crippen LogP contribution >= 0.6 is 0 Å². The van der Waals surface area contributed by atoms with E-state index >= 15 is 0 Å². The van der Waals surface area contributed by atoms with Crippen molar-refractivity contribution in [2.75, 3.05) is 19.6 Å². The molecule has 0 radical (unpaired) electrons. The van der Waals surface area contributed by atoms with Crippen molar-refractivity contribution in [3.8, 4) is 0 Å². The molecule has 0 spiro atoms. The molecule has 3 rings (SSSR count). The summed E-state index contributed by atoms with van der Waals surface area (Å²) in [5.41, 5.74) is 0. The summed E-state index contributed by atoms with van der Waals surface area (Å²) >= 11 is 0. The number of hydrogen-bond acceptors (Lipinski definition) is 6. The van der Waals surface area contributed by atoms with Crippen LogP contribution in [0.25, 0.3) is 0 Å². The van der Waals surface area contributed by atoms with Crippen LogP contribution in [0.2, 0.25) is 0 Å². The summed E-state index contributed by atoms with van der Waals surface area (Å²) in [5, 5.41) is 6.09. The van der Waals surface area contributed by atoms with Gasteiger partial charge in [0, 0.05) is 12.5 Å². The number of aromatic nitrogens is 2. The fourth-order valence-electron chi connectivity index (χ4n) is 2.80. The first kappa shape index (κ1) is 15.4. The van der Waals surface area contributed by atoms with Crippen molar-refractivity contribution in [1.29, 1.82) is 0 Å². The molecule has 2 fully saturated rings. The minimum absolute atomic E-state index is 0.0822. The lowest BCUT2D eigenvalue weighted by molar-refractivity contribution is -0.133. The van der Waals surface area contributed by atoms with Crippen LogP contribution in [0.3, 0.4) is 0 Å². The lowest BCUT2D eigenvalue weighted by atomic mass is 10.2. The summed E-state index contributed by atoms with van der Waals surface area (Å²) in [4.78, 5) is 42.4. The van der Waals surface area contributed by atoms with Crippen LogP contribution in [0.5, 0.6) is 0 Å². The molecule has 23 heavy (non-hydrogen) atoms. The highest BCUT2D eigenvalue weighted by Gasteiger charge is 2.36. The maximum Gasteiger partial charge on any atom is 0.325 e. The largest absolute Gasteiger partial charge is 0.337 e. The molecule has 1 N–H and O–H groups in total. The molecule has 2 aliphatic heterocycles. The van der Waals surface area contributed by atoms with E-state index in [4.69, 9.17) is 4.52 Å². The molecule has 0 aromatic carbocycles. The number of imide groups is 1. The number of carbonyl (C=O) groups is 3. The number of rotatable bonds is 4. The zero-order chi connectivity index (χ0) is 16.6. The van der Waals surface area contributed by atoms with Crippen LogP contribution in [0.15, 0.2) is 4.52 Å². The predicted octanol–water partition coefficient (Wildman–Crippen LogP) is 0.408. The van der Waals surface area contributed by atoms with Crippen LogP contribution in [0.4, 0.5) is 4.79 Å². The van der Waals surface area contributed by atoms with Crippen molar-refractivity contribution >= 4 is 17.8 Å². The normalized spacial score (nSPS) is 21.4. The van der Waals surface area contributed by atoms with E-state index in [-0.39, 0.29) is 36.9 Å². The molecule has 1 aromatic heterocycles. The van der Waals surface area contributed by atoms with Crippen molar-refractivity contribution in [1.82, 2.24) is 25.3 Å². The highest BCUT2D eigenvalue weighted by Crippen LogP contribution is 2.31. The second-order valence-corrected chi connectivity index (χ2v) is 6.10. The van der Waals surface area contributed by atoms with Gasteiger partial charge in [0.05, 0.1) is 0 Å². The summed E-state index contributed by atoms with van der Waals surface area (Å²) in [7, 11) is 0. The van der Waals surface area contributed by atoms with E-state index in [0.29, 0.717) is 18.3 Å². The fraction of sp³-hybridized carbons (Fsp3) is 0.643. The van der Waals surface area contributed by atoms with Gasteiger partial charge in [0.15, 0.2) is 5.82 Å². The first-order valence-corrected chi connectivity index (χ1v) is 7.67. The Kier molecular flexibility index (Phi) is 4.01. The highest BCUT2D eigenvalue weighted by molar-refractivity contribution is 6.03. The maximum atomic E-state index is 12.5. The highest BCUT2D eigenvalue weighted by atomic mass is 16.5. The summed E-state index contributed by atoms with van der Waals surface area (Å²) < 4.78 is 5.30. The van der Waals surface area contributed by atoms with Gasteiger partial charge in [-0.25, -0.2) is 4.79 Å². The molecule has 1 atom stereocenters. The third kappa shape index (κ3) is 3.03. The Morgan fingerprint density at radius 2 is 2.22 bits per heavy atom. The number of carbonyl (C=O) groups excluding carboxylic acids is 3. The molecular weight excluding hydrogens is 302 g/mol. The van der Waals surface area contributed by atoms with Gasteiger partial charge in [-0.05, 0) is 12.8 Å². The van der Waals surface area contributed by atoms with E-state index in [1.54, 1.807) is 4.90 Å². The van der Waals surface area contributed by atoms with Crippen molar-refractivity contribution < 1.29 is 18.9 Å². The van der Waals surface area contributed by atoms with Gasteiger partial charge >= 0.3 is 6.03 Å². The van der Waals surface area contributed by atoms with Gasteiger partial charge in [0.25, 0.3) is 0 Å². The molecule has 0 aliphatic carbocycles. The Hall–Kier alpha value is -2.45. The topological polar surface area (TPSA) is 109 Å². The molecule has 2 saturated heterocycles. The van der Waals surface area contributed by atoms with E-state index < -0.39 is 6.03 Å². The number of nitrogens with one attached hydrogen (secondary N) is 1. The van der Waals surface area contributed by atoms with Gasteiger partial charge in [-0.2, -0.15) is 4.98 Å². The van der Waals surface area contributed by atoms with Gasteiger partial charge in [0.2, 0.25) is 17.7 Å². The van der Waals surface area contributed by atoms with E-state index in [1.807, 2.05) is 13.8 Å². The monoisotopic (exact) mass is 321 g/mol. The van der Waals surface area contributed by atoms with Crippen molar-refractivity contribution in [3.05, 3.63) is 11.7 Å². The van der Waals surface area contributed by atoms with Crippen LogP contribution in [0.1, 0.15) is 50.4 Å². The zero-order valence-corrected chi connectivity index (χ0v) is 13.1. The third-order valence-electron chi connectivity index (χ3n) is 4.03. The Balaban J connectivity index is 1.69. The summed E-state index contributed by atoms with van der Waals surface area (Å²) in [6, 6.07) is -0.789. The molecule has 3 heterocycles. The Bertz CT molecular complexity index is 641. The zero-order valence-electron chi connectivity index (χ0n) is 13.1. The summed E-state index contributed by atoms with van der Waals surface area (Å²) in [6.45, 7) is 4.30. The van der Waals surface area contributed by atoms with Gasteiger partial charge in [-0.1, -0.05) is 19.0 Å². The fourth-order valence-corrected chi connectivity index (χ4v) is 2.80. The van der Waals surface area contributed by atoms with Gasteiger partial charge in [-0.15, -0.1) is 0 Å². The van der Waals surface area contributed by atoms with Crippen LogP contribution in [0, 0.1) is 0 Å². The maximum absolute atomic E-state index is 12.5. The van der Waals surface area contributed by atoms with Crippen molar-refractivity contribution in [3.63, 3.8) is 0 Å². The van der Waals surface area contributed by atoms with Crippen molar-refractivity contribution in [2.24, 2.45) is 0 Å². The lowest BCUT2D eigenvalue weighted by Crippen LogP contribution is -2.41. The van der Waals surface area contributed by atoms with Crippen LogP contribution in [-0.2, 0) is 9.59 Å². The minimum atomic E-state index is -0.529. The summed E-state index contributed by atoms with van der Waals surface area (Å²) in [5.74, 6) is 0.587. The van der Waals surface area contributed by atoms with E-state index in [1.165, 1.54) is 4.90 Å². The number of hydrogen-bond donors (Lipinski definition) is 1. The molecule has 9 nitrogen and oxygen atoms in total. The SMILES string of the molecule is CC(C)c1noc([C@@H]2CCCN2C(=O)CN2CC(=O)NC2=O)n1. The molecular formula is C14H19N5O4. The van der Waals surface area contributed by atoms with Gasteiger partial charge in [0.1, 0.15) is 19.1 Å². The van der Waals surface area contributed by atoms with Crippen LogP contribution in [-0.4, -0.2) is 57.4 Å². The molecule has 0 unspecified atom stereocenters. The van der Waals surface area contributed by atoms with Crippen molar-refractivity contribution in [2.45, 2.75) is 38.6 Å². The number of likely N-dealkylation sites (tertiary alicyclic amines) is 1. The molecule has 0 saturated carbocycles. The Morgan fingerprint density at radius 1 is 1.43 bits per heavy atom. The molecule has 9 heteroatoms. The third-order valence-corrected chi connectivity index (χ3v) is 4.03. The summed E-state index contributed by atoms with van der Waals surface area (Å²) in [6.07, 6.45) is 1.58. The van der Waals surface area contributed by atoms with E-state index in [2.05, 4.69) is 15.5 Å². The Labute approximate surface area is 133 Å². The number of amides is 4. The second kappa shape index (κ2) is 5.98. The Morgan fingerprint density at radius 3 is 2.83 bits per heavy atom. The van der Waals surface area contributed by atoms with Gasteiger partial charge in [-0.3, -0.25) is 14.9 Å². The molecule has 1 aromatic rings.